The van der Waals surface area contributed by atoms with E-state index in [1.165, 1.54) is 6.07 Å². The molecule has 0 aliphatic heterocycles. The molecule has 0 aromatic carbocycles. The predicted octanol–water partition coefficient (Wildman–Crippen LogP) is 0.602. The first-order chi connectivity index (χ1) is 8.52. The van der Waals surface area contributed by atoms with Crippen LogP contribution in [0.1, 0.15) is 10.4 Å². The molecule has 1 aromatic heterocycles. The Morgan fingerprint density at radius 1 is 1.50 bits per heavy atom. The Morgan fingerprint density at radius 2 is 2.22 bits per heavy atom. The summed E-state index contributed by atoms with van der Waals surface area (Å²) in [6.07, 6.45) is -0.881. The molecule has 18 heavy (non-hydrogen) atoms. The van der Waals surface area contributed by atoms with Crippen LogP contribution in [-0.4, -0.2) is 37.2 Å². The third-order valence-electron chi connectivity index (χ3n) is 1.94. The van der Waals surface area contributed by atoms with Crippen molar-refractivity contribution in [3.05, 3.63) is 22.8 Å². The van der Waals surface area contributed by atoms with Crippen LogP contribution in [0.25, 0.3) is 0 Å². The van der Waals surface area contributed by atoms with Gasteiger partial charge in [-0.05, 0) is 12.1 Å². The van der Waals surface area contributed by atoms with Crippen molar-refractivity contribution in [3.63, 3.8) is 0 Å². The average molecular weight is 273 g/mol. The highest BCUT2D eigenvalue weighted by Crippen LogP contribution is 2.13. The zero-order valence-electron chi connectivity index (χ0n) is 9.70. The third-order valence-corrected chi connectivity index (χ3v) is 2.14. The number of amides is 2. The summed E-state index contributed by atoms with van der Waals surface area (Å²) >= 11 is 5.76. The van der Waals surface area contributed by atoms with Gasteiger partial charge in [0.1, 0.15) is 17.6 Å². The fourth-order valence-corrected chi connectivity index (χ4v) is 1.38. The maximum Gasteiger partial charge on any atom is 0.404 e. The fraction of sp³-hybridized carbons (Fsp3) is 0.300. The Morgan fingerprint density at radius 3 is 2.83 bits per heavy atom. The van der Waals surface area contributed by atoms with E-state index in [0.29, 0.717) is 11.4 Å². The van der Waals surface area contributed by atoms with Crippen molar-refractivity contribution in [1.82, 2.24) is 10.3 Å². The Labute approximate surface area is 109 Å². The molecule has 0 unspecified atom stereocenters. The molecule has 0 aliphatic carbocycles. The second-order valence-corrected chi connectivity index (χ2v) is 3.62. The quantitative estimate of drug-likeness (QED) is 0.538. The maximum absolute atomic E-state index is 11.7. The number of carbonyl (C=O) groups excluding carboxylic acids is 2. The highest BCUT2D eigenvalue weighted by molar-refractivity contribution is 6.29. The van der Waals surface area contributed by atoms with E-state index in [-0.39, 0.29) is 24.2 Å². The van der Waals surface area contributed by atoms with Crippen LogP contribution >= 0.6 is 11.6 Å². The van der Waals surface area contributed by atoms with Crippen molar-refractivity contribution >= 4 is 29.4 Å². The number of anilines is 1. The molecule has 1 rings (SSSR count). The lowest BCUT2D eigenvalue weighted by Gasteiger charge is -2.07. The van der Waals surface area contributed by atoms with Gasteiger partial charge in [0.05, 0.1) is 6.54 Å². The number of hydrogen-bond acceptors (Lipinski definition) is 5. The van der Waals surface area contributed by atoms with Crippen LogP contribution in [0.2, 0.25) is 5.15 Å². The minimum Gasteiger partial charge on any atom is -0.448 e. The summed E-state index contributed by atoms with van der Waals surface area (Å²) in [6, 6.07) is 2.99. The van der Waals surface area contributed by atoms with Crippen LogP contribution < -0.4 is 16.4 Å². The van der Waals surface area contributed by atoms with Crippen LogP contribution in [0.5, 0.6) is 0 Å². The predicted molar refractivity (Wildman–Crippen MR) is 66.7 cm³/mol. The normalized spacial score (nSPS) is 9.67. The highest BCUT2D eigenvalue weighted by Gasteiger charge is 2.08. The van der Waals surface area contributed by atoms with E-state index in [4.69, 9.17) is 17.3 Å². The van der Waals surface area contributed by atoms with E-state index < -0.39 is 6.09 Å². The second-order valence-electron chi connectivity index (χ2n) is 3.24. The minimum absolute atomic E-state index is 0.0127. The van der Waals surface area contributed by atoms with Crippen molar-refractivity contribution in [3.8, 4) is 0 Å². The van der Waals surface area contributed by atoms with E-state index in [1.807, 2.05) is 0 Å². The molecule has 0 atom stereocenters. The lowest BCUT2D eigenvalue weighted by molar-refractivity contribution is 0.0937. The summed E-state index contributed by atoms with van der Waals surface area (Å²) in [6.45, 7) is 0.176. The Bertz CT molecular complexity index is 453. The summed E-state index contributed by atoms with van der Waals surface area (Å²) in [5.41, 5.74) is 5.13. The van der Waals surface area contributed by atoms with Crippen molar-refractivity contribution in [2.75, 3.05) is 25.5 Å². The van der Waals surface area contributed by atoms with Crippen molar-refractivity contribution in [2.45, 2.75) is 0 Å². The van der Waals surface area contributed by atoms with Crippen LogP contribution in [0.3, 0.4) is 0 Å². The third kappa shape index (κ3) is 4.46. The Balaban J connectivity index is 2.55. The molecule has 2 amide bonds. The number of nitrogens with two attached hydrogens (primary N) is 1. The topological polar surface area (TPSA) is 106 Å². The molecule has 0 aliphatic rings. The molecule has 8 heteroatoms. The van der Waals surface area contributed by atoms with Gasteiger partial charge in [-0.25, -0.2) is 9.78 Å². The number of nitrogens with one attached hydrogen (secondary N) is 2. The van der Waals surface area contributed by atoms with Gasteiger partial charge in [0.2, 0.25) is 0 Å². The standard InChI is InChI=1S/C10H13ClN4O3/c1-13-8-5-6(4-7(11)15-8)9(16)14-2-3-18-10(12)17/h4-5H,2-3H2,1H3,(H2,12,17)(H,13,15)(H,14,16). The Hall–Kier alpha value is -2.02. The smallest absolute Gasteiger partial charge is 0.404 e. The van der Waals surface area contributed by atoms with Crippen LogP contribution in [0.4, 0.5) is 10.6 Å². The molecular formula is C10H13ClN4O3. The molecule has 1 aromatic rings. The van der Waals surface area contributed by atoms with E-state index in [2.05, 4.69) is 20.4 Å². The molecular weight excluding hydrogens is 260 g/mol. The number of ether oxygens (including phenoxy) is 1. The molecule has 0 bridgehead atoms. The SMILES string of the molecule is CNc1cc(C(=O)NCCOC(N)=O)cc(Cl)n1. The lowest BCUT2D eigenvalue weighted by atomic mass is 10.2. The fourth-order valence-electron chi connectivity index (χ4n) is 1.17. The monoisotopic (exact) mass is 272 g/mol. The van der Waals surface area contributed by atoms with Gasteiger partial charge in [0.25, 0.3) is 5.91 Å². The van der Waals surface area contributed by atoms with Gasteiger partial charge < -0.3 is 21.1 Å². The lowest BCUT2D eigenvalue weighted by Crippen LogP contribution is -2.29. The molecule has 0 fully saturated rings. The zero-order chi connectivity index (χ0) is 13.5. The van der Waals surface area contributed by atoms with E-state index in [9.17, 15) is 9.59 Å². The van der Waals surface area contributed by atoms with Crippen molar-refractivity contribution < 1.29 is 14.3 Å². The van der Waals surface area contributed by atoms with Gasteiger partial charge in [-0.1, -0.05) is 11.6 Å². The van der Waals surface area contributed by atoms with E-state index >= 15 is 0 Å². The second kappa shape index (κ2) is 6.65. The summed E-state index contributed by atoms with van der Waals surface area (Å²) in [5, 5.41) is 5.54. The largest absolute Gasteiger partial charge is 0.448 e. The van der Waals surface area contributed by atoms with Gasteiger partial charge in [-0.3, -0.25) is 4.79 Å². The van der Waals surface area contributed by atoms with E-state index in [1.54, 1.807) is 13.1 Å². The van der Waals surface area contributed by atoms with Gasteiger partial charge in [0.15, 0.2) is 0 Å². The summed E-state index contributed by atoms with van der Waals surface area (Å²) in [7, 11) is 1.67. The summed E-state index contributed by atoms with van der Waals surface area (Å²) < 4.78 is 4.47. The number of hydrogen-bond donors (Lipinski definition) is 3. The molecule has 0 saturated carbocycles. The number of carbonyl (C=O) groups is 2. The van der Waals surface area contributed by atoms with Crippen LogP contribution in [-0.2, 0) is 4.74 Å². The maximum atomic E-state index is 11.7. The van der Waals surface area contributed by atoms with Crippen molar-refractivity contribution in [2.24, 2.45) is 5.73 Å². The summed E-state index contributed by atoms with van der Waals surface area (Å²) in [5.74, 6) is 0.143. The van der Waals surface area contributed by atoms with Crippen molar-refractivity contribution in [1.29, 1.82) is 0 Å². The molecule has 0 spiro atoms. The van der Waals surface area contributed by atoms with Gasteiger partial charge >= 0.3 is 6.09 Å². The van der Waals surface area contributed by atoms with Crippen LogP contribution in [0.15, 0.2) is 12.1 Å². The molecule has 4 N–H and O–H groups in total. The van der Waals surface area contributed by atoms with Gasteiger partial charge in [-0.2, -0.15) is 0 Å². The first-order valence-electron chi connectivity index (χ1n) is 5.08. The van der Waals surface area contributed by atoms with Crippen LogP contribution in [0, 0.1) is 0 Å². The highest BCUT2D eigenvalue weighted by atomic mass is 35.5. The molecule has 0 saturated heterocycles. The molecule has 98 valence electrons. The van der Waals surface area contributed by atoms with E-state index in [0.717, 1.165) is 0 Å². The van der Waals surface area contributed by atoms with Gasteiger partial charge in [-0.15, -0.1) is 0 Å². The molecule has 1 heterocycles. The number of primary amides is 1. The summed E-state index contributed by atoms with van der Waals surface area (Å²) in [4.78, 5) is 26.0. The van der Waals surface area contributed by atoms with Gasteiger partial charge in [0, 0.05) is 12.6 Å². The number of rotatable bonds is 5. The molecule has 0 radical (unpaired) electrons. The Kier molecular flexibility index (Phi) is 5.19. The number of halogens is 1. The average Bonchev–Trinajstić information content (AvgIpc) is 2.33. The minimum atomic E-state index is -0.881. The number of nitrogens with zero attached hydrogens (tertiary/aromatic N) is 1. The molecule has 7 nitrogen and oxygen atoms in total. The number of pyridine rings is 1. The zero-order valence-corrected chi connectivity index (χ0v) is 10.5. The first-order valence-corrected chi connectivity index (χ1v) is 5.46. The number of aromatic nitrogens is 1. The first kappa shape index (κ1) is 14.0.